The van der Waals surface area contributed by atoms with Gasteiger partial charge in [0.2, 0.25) is 0 Å². The Morgan fingerprint density at radius 3 is 2.40 bits per heavy atom. The van der Waals surface area contributed by atoms with Crippen molar-refractivity contribution in [2.24, 2.45) is 0 Å². The Morgan fingerprint density at radius 1 is 1.00 bits per heavy atom. The van der Waals surface area contributed by atoms with Crippen LogP contribution in [0.2, 0.25) is 0 Å². The molecule has 2 aromatic rings. The summed E-state index contributed by atoms with van der Waals surface area (Å²) >= 11 is 0. The number of hydrogen-bond donors (Lipinski definition) is 2. The van der Waals surface area contributed by atoms with E-state index in [0.717, 1.165) is 12.8 Å². The Balaban J connectivity index is 2.10. The largest absolute Gasteiger partial charge is 0.496 e. The normalized spacial score (nSPS) is 10.8. The van der Waals surface area contributed by atoms with Gasteiger partial charge in [0.05, 0.1) is 12.7 Å². The lowest BCUT2D eigenvalue weighted by Crippen LogP contribution is -2.41. The summed E-state index contributed by atoms with van der Waals surface area (Å²) in [5, 5.41) is 4.69. The number of urea groups is 1. The predicted octanol–water partition coefficient (Wildman–Crippen LogP) is 3.40. The van der Waals surface area contributed by atoms with Gasteiger partial charge in [0.15, 0.2) is 6.61 Å². The quantitative estimate of drug-likeness (QED) is 0.286. The number of amides is 3. The Hall–Kier alpha value is -3.61. The van der Waals surface area contributed by atoms with Crippen LogP contribution in [0.4, 0.5) is 4.79 Å². The second-order valence-corrected chi connectivity index (χ2v) is 6.40. The second-order valence-electron chi connectivity index (χ2n) is 6.40. The van der Waals surface area contributed by atoms with Crippen molar-refractivity contribution in [3.05, 3.63) is 65.7 Å². The molecule has 0 atom stereocenters. The molecule has 2 aromatic carbocycles. The minimum Gasteiger partial charge on any atom is -0.496 e. The van der Waals surface area contributed by atoms with Crippen LogP contribution in [0.3, 0.4) is 0 Å². The van der Waals surface area contributed by atoms with Crippen molar-refractivity contribution >= 4 is 29.6 Å². The first kappa shape index (κ1) is 22.7. The molecule has 30 heavy (non-hydrogen) atoms. The molecule has 2 rings (SSSR count). The van der Waals surface area contributed by atoms with Crippen LogP contribution in [0.15, 0.2) is 54.6 Å². The Morgan fingerprint density at radius 2 is 1.70 bits per heavy atom. The highest BCUT2D eigenvalue weighted by Crippen LogP contribution is 2.25. The third kappa shape index (κ3) is 7.09. The topological polar surface area (TPSA) is 93.7 Å². The SMILES string of the molecule is CCCCNC(=O)NC(=O)COC(=O)/C(=C/c1ccccc1OC)c1ccccc1. The van der Waals surface area contributed by atoms with Crippen molar-refractivity contribution in [2.45, 2.75) is 19.8 Å². The van der Waals surface area contributed by atoms with Gasteiger partial charge in [0.25, 0.3) is 5.91 Å². The molecule has 0 aliphatic rings. The fourth-order valence-electron chi connectivity index (χ4n) is 2.61. The van der Waals surface area contributed by atoms with Crippen LogP contribution >= 0.6 is 0 Å². The number of unbranched alkanes of at least 4 members (excludes halogenated alkanes) is 1. The molecule has 3 amide bonds. The van der Waals surface area contributed by atoms with Gasteiger partial charge in [0.1, 0.15) is 5.75 Å². The third-order valence-corrected chi connectivity index (χ3v) is 4.15. The number of carbonyl (C=O) groups is 3. The summed E-state index contributed by atoms with van der Waals surface area (Å²) in [5.41, 5.74) is 1.59. The van der Waals surface area contributed by atoms with E-state index in [1.54, 1.807) is 43.5 Å². The molecule has 0 bridgehead atoms. The fraction of sp³-hybridized carbons (Fsp3) is 0.261. The van der Waals surface area contributed by atoms with Crippen molar-refractivity contribution in [3.63, 3.8) is 0 Å². The number of benzene rings is 2. The number of imide groups is 1. The monoisotopic (exact) mass is 410 g/mol. The number of hydrogen-bond acceptors (Lipinski definition) is 5. The molecule has 0 unspecified atom stereocenters. The lowest BCUT2D eigenvalue weighted by molar-refractivity contribution is -0.142. The molecule has 0 spiro atoms. The van der Waals surface area contributed by atoms with Crippen LogP contribution in [0.25, 0.3) is 11.6 Å². The number of ether oxygens (including phenoxy) is 2. The minimum absolute atomic E-state index is 0.264. The van der Waals surface area contributed by atoms with E-state index in [0.29, 0.717) is 23.4 Å². The summed E-state index contributed by atoms with van der Waals surface area (Å²) in [6.45, 7) is 1.89. The van der Waals surface area contributed by atoms with Crippen molar-refractivity contribution in [2.75, 3.05) is 20.3 Å². The van der Waals surface area contributed by atoms with Crippen molar-refractivity contribution in [1.82, 2.24) is 10.6 Å². The first-order chi connectivity index (χ1) is 14.5. The molecule has 0 aliphatic heterocycles. The summed E-state index contributed by atoms with van der Waals surface area (Å²) in [4.78, 5) is 36.3. The van der Waals surface area contributed by atoms with E-state index in [-0.39, 0.29) is 5.57 Å². The zero-order chi connectivity index (χ0) is 21.8. The Labute approximate surface area is 176 Å². The summed E-state index contributed by atoms with van der Waals surface area (Å²) < 4.78 is 10.5. The van der Waals surface area contributed by atoms with Crippen molar-refractivity contribution in [3.8, 4) is 5.75 Å². The number of carbonyl (C=O) groups excluding carboxylic acids is 3. The average molecular weight is 410 g/mol. The van der Waals surface area contributed by atoms with Crippen LogP contribution in [0.1, 0.15) is 30.9 Å². The van der Waals surface area contributed by atoms with Gasteiger partial charge in [-0.15, -0.1) is 0 Å². The highest BCUT2D eigenvalue weighted by atomic mass is 16.5. The number of para-hydroxylation sites is 1. The first-order valence-corrected chi connectivity index (χ1v) is 9.70. The Bertz CT molecular complexity index is 893. The molecule has 0 radical (unpaired) electrons. The molecule has 7 nitrogen and oxygen atoms in total. The van der Waals surface area contributed by atoms with Gasteiger partial charge in [-0.3, -0.25) is 10.1 Å². The van der Waals surface area contributed by atoms with Crippen LogP contribution in [0, 0.1) is 0 Å². The highest BCUT2D eigenvalue weighted by Gasteiger charge is 2.17. The number of rotatable bonds is 9. The summed E-state index contributed by atoms with van der Waals surface area (Å²) in [6.07, 6.45) is 3.38. The zero-order valence-corrected chi connectivity index (χ0v) is 17.1. The standard InChI is InChI=1S/C23H26N2O5/c1-3-4-14-24-23(28)25-21(26)16-30-22(27)19(17-10-6-5-7-11-17)15-18-12-8-9-13-20(18)29-2/h5-13,15H,3-4,14,16H2,1-2H3,(H2,24,25,26,28)/b19-15+. The average Bonchev–Trinajstić information content (AvgIpc) is 2.76. The van der Waals surface area contributed by atoms with E-state index in [1.807, 2.05) is 31.2 Å². The predicted molar refractivity (Wildman–Crippen MR) is 115 cm³/mol. The van der Waals surface area contributed by atoms with Gasteiger partial charge >= 0.3 is 12.0 Å². The van der Waals surface area contributed by atoms with Gasteiger partial charge in [-0.1, -0.05) is 61.9 Å². The minimum atomic E-state index is -0.706. The summed E-state index contributed by atoms with van der Waals surface area (Å²) in [6, 6.07) is 15.6. The molecule has 0 saturated carbocycles. The fourth-order valence-corrected chi connectivity index (χ4v) is 2.61. The van der Waals surface area contributed by atoms with Gasteiger partial charge in [0, 0.05) is 12.1 Å². The van der Waals surface area contributed by atoms with E-state index in [1.165, 1.54) is 0 Å². The summed E-state index contributed by atoms with van der Waals surface area (Å²) in [7, 11) is 1.54. The van der Waals surface area contributed by atoms with Gasteiger partial charge in [-0.05, 0) is 24.1 Å². The van der Waals surface area contributed by atoms with Gasteiger partial charge in [-0.25, -0.2) is 9.59 Å². The molecule has 0 heterocycles. The smallest absolute Gasteiger partial charge is 0.339 e. The lowest BCUT2D eigenvalue weighted by Gasteiger charge is -2.11. The van der Waals surface area contributed by atoms with Crippen molar-refractivity contribution in [1.29, 1.82) is 0 Å². The van der Waals surface area contributed by atoms with E-state index < -0.39 is 24.5 Å². The van der Waals surface area contributed by atoms with Crippen molar-refractivity contribution < 1.29 is 23.9 Å². The molecule has 0 aliphatic carbocycles. The van der Waals surface area contributed by atoms with Gasteiger partial charge < -0.3 is 14.8 Å². The maximum absolute atomic E-state index is 12.7. The lowest BCUT2D eigenvalue weighted by atomic mass is 10.0. The molecule has 158 valence electrons. The molecule has 0 saturated heterocycles. The first-order valence-electron chi connectivity index (χ1n) is 9.70. The van der Waals surface area contributed by atoms with E-state index >= 15 is 0 Å². The maximum atomic E-state index is 12.7. The summed E-state index contributed by atoms with van der Waals surface area (Å²) in [5.74, 6) is -0.795. The number of esters is 1. The molecule has 2 N–H and O–H groups in total. The highest BCUT2D eigenvalue weighted by molar-refractivity contribution is 6.22. The van der Waals surface area contributed by atoms with Crippen LogP contribution in [0.5, 0.6) is 5.75 Å². The van der Waals surface area contributed by atoms with E-state index in [4.69, 9.17) is 9.47 Å². The molecule has 7 heteroatoms. The van der Waals surface area contributed by atoms with Crippen LogP contribution < -0.4 is 15.4 Å². The zero-order valence-electron chi connectivity index (χ0n) is 17.1. The maximum Gasteiger partial charge on any atom is 0.339 e. The van der Waals surface area contributed by atoms with Crippen LogP contribution in [-0.2, 0) is 14.3 Å². The molecular weight excluding hydrogens is 384 g/mol. The van der Waals surface area contributed by atoms with E-state index in [9.17, 15) is 14.4 Å². The van der Waals surface area contributed by atoms with E-state index in [2.05, 4.69) is 10.6 Å². The number of nitrogens with one attached hydrogen (secondary N) is 2. The van der Waals surface area contributed by atoms with Crippen LogP contribution in [-0.4, -0.2) is 38.2 Å². The van der Waals surface area contributed by atoms with Gasteiger partial charge in [-0.2, -0.15) is 0 Å². The third-order valence-electron chi connectivity index (χ3n) is 4.15. The number of methoxy groups -OCH3 is 1. The molecule has 0 aromatic heterocycles. The molecular formula is C23H26N2O5. The second kappa shape index (κ2) is 12.1. The molecule has 0 fully saturated rings. The Kier molecular flexibility index (Phi) is 9.12.